The van der Waals surface area contributed by atoms with Crippen molar-refractivity contribution in [2.45, 2.75) is 31.0 Å². The molecule has 0 aromatic heterocycles. The lowest BCUT2D eigenvalue weighted by atomic mass is 9.82. The summed E-state index contributed by atoms with van der Waals surface area (Å²) in [6.45, 7) is 0.687. The van der Waals surface area contributed by atoms with Gasteiger partial charge in [0.2, 0.25) is 5.90 Å². The van der Waals surface area contributed by atoms with Gasteiger partial charge < -0.3 is 14.6 Å². The number of carbonyl (C=O) groups is 1. The molecule has 0 bridgehead atoms. The maximum absolute atomic E-state index is 14.2. The lowest BCUT2D eigenvalue weighted by Gasteiger charge is -2.31. The zero-order valence-corrected chi connectivity index (χ0v) is 24.6. The summed E-state index contributed by atoms with van der Waals surface area (Å²) in [4.78, 5) is 19.2. The summed E-state index contributed by atoms with van der Waals surface area (Å²) in [5, 5.41) is 9.81. The number of benzene rings is 4. The van der Waals surface area contributed by atoms with Gasteiger partial charge in [0, 0.05) is 47.2 Å². The van der Waals surface area contributed by atoms with Crippen LogP contribution in [-0.2, 0) is 22.5 Å². The number of aliphatic hydroxyl groups is 1. The molecule has 43 heavy (non-hydrogen) atoms. The third-order valence-corrected chi connectivity index (χ3v) is 7.56. The van der Waals surface area contributed by atoms with Gasteiger partial charge in [-0.25, -0.2) is 14.8 Å². The molecule has 7 nitrogen and oxygen atoms in total. The van der Waals surface area contributed by atoms with Gasteiger partial charge in [0.15, 0.2) is 11.6 Å². The molecule has 5 rings (SSSR count). The van der Waals surface area contributed by atoms with Gasteiger partial charge in [-0.1, -0.05) is 71.7 Å². The predicted octanol–water partition coefficient (Wildman–Crippen LogP) is 6.21. The van der Waals surface area contributed by atoms with E-state index in [1.165, 1.54) is 12.1 Å². The minimum atomic E-state index is -1.47. The number of nitrogens with one attached hydrogen (secondary N) is 2. The Balaban J connectivity index is 1.52. The van der Waals surface area contributed by atoms with Gasteiger partial charge in [-0.2, -0.15) is 0 Å². The highest BCUT2D eigenvalue weighted by Crippen LogP contribution is 2.45. The van der Waals surface area contributed by atoms with Crippen LogP contribution in [0.15, 0.2) is 102 Å². The average Bonchev–Trinajstić information content (AvgIpc) is 3.39. The Bertz CT molecular complexity index is 1570. The Labute approximate surface area is 259 Å². The van der Waals surface area contributed by atoms with E-state index in [1.54, 1.807) is 54.6 Å². The first-order valence-corrected chi connectivity index (χ1v) is 14.5. The normalized spacial score (nSPS) is 17.7. The largest absolute Gasteiger partial charge is 0.494 e. The minimum Gasteiger partial charge on any atom is -0.494 e. The van der Waals surface area contributed by atoms with E-state index >= 15 is 0 Å². The molecule has 1 heterocycles. The number of rotatable bonds is 12. The molecule has 2 atom stereocenters. The highest BCUT2D eigenvalue weighted by Gasteiger charge is 2.54. The van der Waals surface area contributed by atoms with Crippen molar-refractivity contribution in [3.8, 4) is 5.75 Å². The quantitative estimate of drug-likeness (QED) is 0.129. The molecule has 4 aromatic rings. The molecular weight excluding hydrogens is 592 g/mol. The topological polar surface area (TPSA) is 92.2 Å². The Morgan fingerprint density at radius 2 is 1.72 bits per heavy atom. The molecule has 4 aromatic carbocycles. The van der Waals surface area contributed by atoms with Crippen molar-refractivity contribution in [1.82, 2.24) is 10.9 Å². The summed E-state index contributed by atoms with van der Waals surface area (Å²) in [7, 11) is 0. The first kappa shape index (κ1) is 30.5. The van der Waals surface area contributed by atoms with Crippen LogP contribution >= 0.6 is 23.2 Å². The molecule has 1 aliphatic rings. The van der Waals surface area contributed by atoms with E-state index in [0.29, 0.717) is 39.9 Å². The van der Waals surface area contributed by atoms with Crippen molar-refractivity contribution in [2.75, 3.05) is 13.2 Å². The predicted molar refractivity (Wildman–Crippen MR) is 165 cm³/mol. The summed E-state index contributed by atoms with van der Waals surface area (Å²) in [5.41, 5.74) is 7.14. The Kier molecular flexibility index (Phi) is 9.94. The third-order valence-electron chi connectivity index (χ3n) is 7.00. The van der Waals surface area contributed by atoms with Crippen molar-refractivity contribution in [3.63, 3.8) is 0 Å². The lowest BCUT2D eigenvalue weighted by molar-refractivity contribution is -0.130. The zero-order valence-electron chi connectivity index (χ0n) is 23.1. The average molecular weight is 623 g/mol. The van der Waals surface area contributed by atoms with Crippen LogP contribution in [0.5, 0.6) is 5.75 Å². The van der Waals surface area contributed by atoms with Gasteiger partial charge in [0.1, 0.15) is 11.6 Å². The number of aliphatic imine (C=N–C) groups is 1. The second-order valence-corrected chi connectivity index (χ2v) is 10.9. The second-order valence-electron chi connectivity index (χ2n) is 10.1. The number of aliphatic hydroxyl groups excluding tert-OH is 1. The lowest BCUT2D eigenvalue weighted by Crippen LogP contribution is -2.53. The molecule has 3 N–H and O–H groups in total. The van der Waals surface area contributed by atoms with Crippen LogP contribution in [0.25, 0.3) is 0 Å². The number of amides is 1. The third kappa shape index (κ3) is 7.35. The number of hydrogen-bond donors (Lipinski definition) is 3. The van der Waals surface area contributed by atoms with Gasteiger partial charge in [-0.3, -0.25) is 10.2 Å². The second kappa shape index (κ2) is 14.0. The summed E-state index contributed by atoms with van der Waals surface area (Å²) in [5.74, 6) is 0.120. The van der Waals surface area contributed by atoms with E-state index in [9.17, 15) is 9.18 Å². The number of halogens is 3. The van der Waals surface area contributed by atoms with Crippen molar-refractivity contribution < 1.29 is 23.8 Å². The maximum Gasteiger partial charge on any atom is 0.266 e. The summed E-state index contributed by atoms with van der Waals surface area (Å²) in [6.07, 6.45) is -0.179. The zero-order chi connectivity index (χ0) is 30.2. The summed E-state index contributed by atoms with van der Waals surface area (Å²) in [6, 6.07) is 27.7. The molecular formula is C33H30Cl2FN3O4. The number of ether oxygens (including phenoxy) is 2. The fourth-order valence-electron chi connectivity index (χ4n) is 4.82. The van der Waals surface area contributed by atoms with Gasteiger partial charge >= 0.3 is 0 Å². The van der Waals surface area contributed by atoms with Crippen LogP contribution in [0.1, 0.15) is 34.8 Å². The first-order valence-electron chi connectivity index (χ1n) is 13.8. The van der Waals surface area contributed by atoms with Crippen LogP contribution in [0, 0.1) is 5.82 Å². The van der Waals surface area contributed by atoms with E-state index in [4.69, 9.17) is 42.8 Å². The van der Waals surface area contributed by atoms with Crippen molar-refractivity contribution in [2.24, 2.45) is 4.99 Å². The fraction of sp³-hybridized carbons (Fsp3) is 0.212. The molecule has 1 amide bonds. The highest BCUT2D eigenvalue weighted by molar-refractivity contribution is 6.35. The molecule has 0 spiro atoms. The molecule has 0 unspecified atom stereocenters. The minimum absolute atomic E-state index is 0.0433. The number of nitrogens with zero attached hydrogens (tertiary/aromatic N) is 1. The monoisotopic (exact) mass is 621 g/mol. The van der Waals surface area contributed by atoms with E-state index in [2.05, 4.69) is 10.9 Å². The number of carbonyl (C=O) groups excluding carboxylic acids is 1. The number of hydrazine groups is 1. The first-order chi connectivity index (χ1) is 20.9. The van der Waals surface area contributed by atoms with Crippen molar-refractivity contribution in [1.29, 1.82) is 0 Å². The molecule has 0 saturated heterocycles. The van der Waals surface area contributed by atoms with Crippen LogP contribution in [0.3, 0.4) is 0 Å². The van der Waals surface area contributed by atoms with Crippen molar-refractivity contribution in [3.05, 3.63) is 135 Å². The van der Waals surface area contributed by atoms with Crippen LogP contribution < -0.4 is 15.6 Å². The molecule has 0 aliphatic carbocycles. The van der Waals surface area contributed by atoms with Gasteiger partial charge in [-0.05, 0) is 59.7 Å². The molecule has 10 heteroatoms. The highest BCUT2D eigenvalue weighted by atomic mass is 35.5. The van der Waals surface area contributed by atoms with Crippen molar-refractivity contribution >= 4 is 35.0 Å². The SMILES string of the molecule is O=C(NNCc1ccc(F)cc1)[C@@]1(Cc2ccccc2)N=C(c2ccc(OCCCO)cc2)O[C@H]1c1ccc(Cl)cc1Cl. The van der Waals surface area contributed by atoms with Crippen LogP contribution in [-0.4, -0.2) is 35.7 Å². The summed E-state index contributed by atoms with van der Waals surface area (Å²) >= 11 is 12.9. The smallest absolute Gasteiger partial charge is 0.266 e. The fourth-order valence-corrected chi connectivity index (χ4v) is 5.33. The molecule has 0 fully saturated rings. The Morgan fingerprint density at radius 3 is 2.42 bits per heavy atom. The van der Waals surface area contributed by atoms with Crippen LogP contribution in [0.2, 0.25) is 10.0 Å². The van der Waals surface area contributed by atoms with E-state index in [-0.39, 0.29) is 31.3 Å². The van der Waals surface area contributed by atoms with Crippen LogP contribution in [0.4, 0.5) is 4.39 Å². The molecule has 1 aliphatic heterocycles. The van der Waals surface area contributed by atoms with E-state index < -0.39 is 17.6 Å². The van der Waals surface area contributed by atoms with Gasteiger partial charge in [-0.15, -0.1) is 0 Å². The van der Waals surface area contributed by atoms with E-state index in [1.807, 2.05) is 30.3 Å². The Morgan fingerprint density at radius 1 is 0.977 bits per heavy atom. The Hall–Kier alpha value is -3.95. The maximum atomic E-state index is 14.2. The van der Waals surface area contributed by atoms with Gasteiger partial charge in [0.25, 0.3) is 5.91 Å². The summed E-state index contributed by atoms with van der Waals surface area (Å²) < 4.78 is 25.5. The molecule has 0 radical (unpaired) electrons. The standard InChI is InChI=1S/C33H30Cl2FN3O4/c34-25-11-16-28(29(35)19-25)30-33(20-22-5-2-1-3-6-22,32(41)39-37-21-23-7-12-26(36)13-8-23)38-31(43-30)24-9-14-27(15-10-24)42-18-4-17-40/h1-3,5-16,19,30,37,40H,4,17-18,20-21H2,(H,39,41)/t30-,33-/m0/s1. The molecule has 0 saturated carbocycles. The number of hydrogen-bond acceptors (Lipinski definition) is 6. The molecule has 222 valence electrons. The van der Waals surface area contributed by atoms with Gasteiger partial charge in [0.05, 0.1) is 6.61 Å². The van der Waals surface area contributed by atoms with E-state index in [0.717, 1.165) is 11.1 Å².